The van der Waals surface area contributed by atoms with Crippen molar-refractivity contribution in [3.63, 3.8) is 0 Å². The average Bonchev–Trinajstić information content (AvgIpc) is 2.71. The maximum atomic E-state index is 13.0. The van der Waals surface area contributed by atoms with Gasteiger partial charge in [0, 0.05) is 0 Å². The number of carbonyl (C=O) groups is 2. The highest BCUT2D eigenvalue weighted by atomic mass is 79.9. The summed E-state index contributed by atoms with van der Waals surface area (Å²) >= 11 is 3.16. The van der Waals surface area contributed by atoms with Gasteiger partial charge in [0.25, 0.3) is 11.8 Å². The Morgan fingerprint density at radius 1 is 1.05 bits per heavy atom. The van der Waals surface area contributed by atoms with Crippen LogP contribution in [0.5, 0.6) is 5.75 Å². The SMILES string of the molecule is O=C1c2ccccc2C(=O)N1COc1ccc(F)cc1Br. The second kappa shape index (κ2) is 5.29. The molecule has 0 spiro atoms. The molecule has 0 unspecified atom stereocenters. The maximum absolute atomic E-state index is 13.0. The zero-order chi connectivity index (χ0) is 15.0. The molecule has 1 aliphatic rings. The Hall–Kier alpha value is -2.21. The first kappa shape index (κ1) is 13.8. The molecule has 0 aliphatic carbocycles. The van der Waals surface area contributed by atoms with Crippen molar-refractivity contribution in [2.24, 2.45) is 0 Å². The van der Waals surface area contributed by atoms with Crippen molar-refractivity contribution in [1.82, 2.24) is 4.90 Å². The van der Waals surface area contributed by atoms with Gasteiger partial charge in [-0.05, 0) is 46.3 Å². The van der Waals surface area contributed by atoms with Crippen LogP contribution in [-0.2, 0) is 0 Å². The molecule has 1 aliphatic heterocycles. The Morgan fingerprint density at radius 2 is 1.67 bits per heavy atom. The maximum Gasteiger partial charge on any atom is 0.264 e. The second-order valence-corrected chi connectivity index (χ2v) is 5.29. The molecule has 0 saturated heterocycles. The zero-order valence-corrected chi connectivity index (χ0v) is 12.3. The van der Waals surface area contributed by atoms with Gasteiger partial charge in [0.15, 0.2) is 6.73 Å². The standard InChI is InChI=1S/C15H9BrFNO3/c16-12-7-9(17)5-6-13(12)21-8-18-14(19)10-3-1-2-4-11(10)15(18)20/h1-7H,8H2. The highest BCUT2D eigenvalue weighted by molar-refractivity contribution is 9.10. The Balaban J connectivity index is 1.78. The van der Waals surface area contributed by atoms with E-state index < -0.39 is 17.6 Å². The lowest BCUT2D eigenvalue weighted by Crippen LogP contribution is -2.33. The molecule has 2 amide bonds. The summed E-state index contributed by atoms with van der Waals surface area (Å²) in [5.41, 5.74) is 0.730. The Kier molecular flexibility index (Phi) is 3.47. The van der Waals surface area contributed by atoms with Gasteiger partial charge in [0.2, 0.25) is 0 Å². The van der Waals surface area contributed by atoms with Crippen LogP contribution in [0.2, 0.25) is 0 Å². The van der Waals surface area contributed by atoms with E-state index in [0.717, 1.165) is 4.90 Å². The average molecular weight is 350 g/mol. The quantitative estimate of drug-likeness (QED) is 0.799. The molecule has 0 radical (unpaired) electrons. The zero-order valence-electron chi connectivity index (χ0n) is 10.7. The van der Waals surface area contributed by atoms with Crippen LogP contribution in [-0.4, -0.2) is 23.4 Å². The monoisotopic (exact) mass is 349 g/mol. The lowest BCUT2D eigenvalue weighted by molar-refractivity contribution is 0.0521. The van der Waals surface area contributed by atoms with Gasteiger partial charge in [-0.1, -0.05) is 12.1 Å². The van der Waals surface area contributed by atoms with Crippen LogP contribution in [0.1, 0.15) is 20.7 Å². The molecule has 21 heavy (non-hydrogen) atoms. The van der Waals surface area contributed by atoms with Crippen molar-refractivity contribution in [2.45, 2.75) is 0 Å². The Bertz CT molecular complexity index is 712. The smallest absolute Gasteiger partial charge is 0.264 e. The van der Waals surface area contributed by atoms with Gasteiger partial charge in [0.1, 0.15) is 11.6 Å². The Morgan fingerprint density at radius 3 is 2.24 bits per heavy atom. The first-order valence-corrected chi connectivity index (χ1v) is 6.90. The summed E-state index contributed by atoms with van der Waals surface area (Å²) in [5.74, 6) is -0.842. The Labute approximate surface area is 128 Å². The fourth-order valence-corrected chi connectivity index (χ4v) is 2.55. The molecule has 0 fully saturated rings. The van der Waals surface area contributed by atoms with Gasteiger partial charge in [-0.2, -0.15) is 0 Å². The number of hydrogen-bond acceptors (Lipinski definition) is 3. The van der Waals surface area contributed by atoms with Gasteiger partial charge in [0.05, 0.1) is 15.6 Å². The van der Waals surface area contributed by atoms with E-state index in [2.05, 4.69) is 15.9 Å². The van der Waals surface area contributed by atoms with E-state index in [1.54, 1.807) is 24.3 Å². The van der Waals surface area contributed by atoms with Crippen LogP contribution >= 0.6 is 15.9 Å². The molecule has 2 aromatic carbocycles. The van der Waals surface area contributed by atoms with E-state index in [1.165, 1.54) is 18.2 Å². The lowest BCUT2D eigenvalue weighted by atomic mass is 10.1. The van der Waals surface area contributed by atoms with E-state index >= 15 is 0 Å². The van der Waals surface area contributed by atoms with Gasteiger partial charge in [-0.15, -0.1) is 0 Å². The molecule has 0 saturated carbocycles. The third-order valence-corrected chi connectivity index (χ3v) is 3.74. The number of amides is 2. The van der Waals surface area contributed by atoms with Crippen molar-refractivity contribution >= 4 is 27.7 Å². The van der Waals surface area contributed by atoms with Crippen LogP contribution in [0.25, 0.3) is 0 Å². The van der Waals surface area contributed by atoms with Crippen LogP contribution in [0.15, 0.2) is 46.9 Å². The summed E-state index contributed by atoms with van der Waals surface area (Å²) < 4.78 is 18.8. The molecule has 106 valence electrons. The summed E-state index contributed by atoms with van der Waals surface area (Å²) in [4.78, 5) is 25.3. The van der Waals surface area contributed by atoms with Crippen LogP contribution < -0.4 is 4.74 Å². The molecule has 0 bridgehead atoms. The number of nitrogens with zero attached hydrogens (tertiary/aromatic N) is 1. The number of rotatable bonds is 3. The number of benzene rings is 2. The van der Waals surface area contributed by atoms with Crippen molar-refractivity contribution in [1.29, 1.82) is 0 Å². The summed E-state index contributed by atoms with van der Waals surface area (Å²) in [6.07, 6.45) is 0. The highest BCUT2D eigenvalue weighted by Crippen LogP contribution is 2.27. The molecule has 2 aromatic rings. The van der Waals surface area contributed by atoms with Gasteiger partial charge in [-0.3, -0.25) is 9.59 Å². The topological polar surface area (TPSA) is 46.6 Å². The van der Waals surface area contributed by atoms with Gasteiger partial charge in [-0.25, -0.2) is 9.29 Å². The number of imide groups is 1. The number of fused-ring (bicyclic) bond motifs is 1. The molecular formula is C15H9BrFNO3. The molecule has 0 aromatic heterocycles. The summed E-state index contributed by atoms with van der Waals surface area (Å²) in [7, 11) is 0. The molecule has 1 heterocycles. The van der Waals surface area contributed by atoms with Gasteiger partial charge >= 0.3 is 0 Å². The molecule has 6 heteroatoms. The predicted octanol–water partition coefficient (Wildman–Crippen LogP) is 3.22. The second-order valence-electron chi connectivity index (χ2n) is 4.43. The molecule has 3 rings (SSSR count). The van der Waals surface area contributed by atoms with Crippen molar-refractivity contribution in [3.05, 3.63) is 63.9 Å². The lowest BCUT2D eigenvalue weighted by Gasteiger charge is -2.15. The molecular weight excluding hydrogens is 341 g/mol. The van der Waals surface area contributed by atoms with Crippen LogP contribution in [0.4, 0.5) is 4.39 Å². The summed E-state index contributed by atoms with van der Waals surface area (Å²) in [6.45, 7) is -0.226. The number of carbonyl (C=O) groups excluding carboxylic acids is 2. The van der Waals surface area contributed by atoms with E-state index in [9.17, 15) is 14.0 Å². The van der Waals surface area contributed by atoms with Crippen molar-refractivity contribution < 1.29 is 18.7 Å². The highest BCUT2D eigenvalue weighted by Gasteiger charge is 2.35. The van der Waals surface area contributed by atoms with E-state index in [1.807, 2.05) is 0 Å². The van der Waals surface area contributed by atoms with Crippen LogP contribution in [0.3, 0.4) is 0 Å². The fraction of sp³-hybridized carbons (Fsp3) is 0.0667. The third-order valence-electron chi connectivity index (χ3n) is 3.12. The number of hydrogen-bond donors (Lipinski definition) is 0. The number of halogens is 2. The third kappa shape index (κ3) is 2.42. The van der Waals surface area contributed by atoms with Crippen molar-refractivity contribution in [2.75, 3.05) is 6.73 Å². The van der Waals surface area contributed by atoms with E-state index in [0.29, 0.717) is 21.3 Å². The summed E-state index contributed by atoms with van der Waals surface area (Å²) in [6, 6.07) is 10.5. The van der Waals surface area contributed by atoms with Gasteiger partial charge < -0.3 is 4.74 Å². The van der Waals surface area contributed by atoms with Crippen LogP contribution in [0, 0.1) is 5.82 Å². The fourth-order valence-electron chi connectivity index (χ4n) is 2.08. The number of ether oxygens (including phenoxy) is 1. The predicted molar refractivity (Wildman–Crippen MR) is 76.5 cm³/mol. The summed E-state index contributed by atoms with van der Waals surface area (Å²) in [5, 5.41) is 0. The molecule has 4 nitrogen and oxygen atoms in total. The first-order valence-electron chi connectivity index (χ1n) is 6.11. The minimum Gasteiger partial charge on any atom is -0.471 e. The minimum atomic E-state index is -0.407. The molecule has 0 atom stereocenters. The van der Waals surface area contributed by atoms with Crippen molar-refractivity contribution in [3.8, 4) is 5.75 Å². The largest absolute Gasteiger partial charge is 0.471 e. The van der Waals surface area contributed by atoms with E-state index in [4.69, 9.17) is 4.74 Å². The normalized spacial score (nSPS) is 13.5. The van der Waals surface area contributed by atoms with E-state index in [-0.39, 0.29) is 6.73 Å². The minimum absolute atomic E-state index is 0.226. The first-order chi connectivity index (χ1) is 10.1. The molecule has 0 N–H and O–H groups in total.